The Kier molecular flexibility index (Phi) is 6.21. The van der Waals surface area contributed by atoms with Gasteiger partial charge in [0.2, 0.25) is 17.8 Å². The monoisotopic (exact) mass is 392 g/mol. The van der Waals surface area contributed by atoms with E-state index in [1.807, 2.05) is 12.1 Å². The molecule has 3 rings (SSSR count). The Labute approximate surface area is 167 Å². The smallest absolute Gasteiger partial charge is 0.247 e. The molecule has 0 unspecified atom stereocenters. The van der Waals surface area contributed by atoms with E-state index in [2.05, 4.69) is 37.5 Å². The van der Waals surface area contributed by atoms with Crippen molar-refractivity contribution in [2.75, 3.05) is 30.2 Å². The second-order valence-electron chi connectivity index (χ2n) is 5.73. The number of aromatic nitrogens is 3. The van der Waals surface area contributed by atoms with Crippen molar-refractivity contribution in [1.82, 2.24) is 15.0 Å². The largest absolute Gasteiger partial charge is 0.493 e. The van der Waals surface area contributed by atoms with Crippen molar-refractivity contribution in [3.63, 3.8) is 0 Å². The quantitative estimate of drug-likeness (QED) is 0.500. The Hall–Kier alpha value is -4.14. The maximum absolute atomic E-state index is 11.4. The normalized spacial score (nSPS) is 10.0. The minimum absolute atomic E-state index is 0.288. The Morgan fingerprint density at radius 2 is 1.59 bits per heavy atom. The third-order valence-corrected chi connectivity index (χ3v) is 3.78. The van der Waals surface area contributed by atoms with Gasteiger partial charge in [0.1, 0.15) is 6.33 Å². The van der Waals surface area contributed by atoms with Gasteiger partial charge in [-0.25, -0.2) is 9.97 Å². The second-order valence-corrected chi connectivity index (χ2v) is 5.73. The lowest BCUT2D eigenvalue weighted by molar-refractivity contribution is -0.111. The van der Waals surface area contributed by atoms with Gasteiger partial charge < -0.3 is 25.4 Å². The number of rotatable bonds is 8. The molecule has 1 heterocycles. The van der Waals surface area contributed by atoms with E-state index in [0.717, 1.165) is 5.69 Å². The van der Waals surface area contributed by atoms with Crippen LogP contribution in [0.4, 0.5) is 29.0 Å². The van der Waals surface area contributed by atoms with Crippen molar-refractivity contribution in [3.8, 4) is 11.5 Å². The van der Waals surface area contributed by atoms with Crippen LogP contribution >= 0.6 is 0 Å². The zero-order valence-corrected chi connectivity index (χ0v) is 16.0. The molecule has 0 spiro atoms. The Balaban J connectivity index is 1.74. The summed E-state index contributed by atoms with van der Waals surface area (Å²) in [5, 5.41) is 8.87. The third kappa shape index (κ3) is 5.19. The van der Waals surface area contributed by atoms with Crippen molar-refractivity contribution < 1.29 is 14.3 Å². The van der Waals surface area contributed by atoms with Crippen LogP contribution in [0, 0.1) is 0 Å². The van der Waals surface area contributed by atoms with Gasteiger partial charge in [-0.15, -0.1) is 0 Å². The van der Waals surface area contributed by atoms with Gasteiger partial charge in [0.25, 0.3) is 0 Å². The number of nitrogens with one attached hydrogen (secondary N) is 3. The first-order chi connectivity index (χ1) is 14.1. The predicted octanol–water partition coefficient (Wildman–Crippen LogP) is 3.50. The predicted molar refractivity (Wildman–Crippen MR) is 111 cm³/mol. The highest BCUT2D eigenvalue weighted by atomic mass is 16.5. The standard InChI is InChI=1S/C20H20N6O3/c1-4-18(27)23-13-6-5-7-14(10-13)24-19-21-12-22-20(26-19)25-15-8-9-16(28-2)17(11-15)29-3/h4-12H,1H2,2-3H3,(H,23,27)(H2,21,22,24,25,26). The van der Waals surface area contributed by atoms with E-state index >= 15 is 0 Å². The topological polar surface area (TPSA) is 110 Å². The number of carbonyl (C=O) groups is 1. The van der Waals surface area contributed by atoms with E-state index in [1.54, 1.807) is 44.6 Å². The number of anilines is 5. The molecule has 9 nitrogen and oxygen atoms in total. The maximum atomic E-state index is 11.4. The highest BCUT2D eigenvalue weighted by Gasteiger charge is 2.07. The Bertz CT molecular complexity index is 1020. The van der Waals surface area contributed by atoms with Gasteiger partial charge in [0.15, 0.2) is 11.5 Å². The summed E-state index contributed by atoms with van der Waals surface area (Å²) in [6, 6.07) is 12.5. The molecule has 148 valence electrons. The molecule has 3 N–H and O–H groups in total. The first-order valence-corrected chi connectivity index (χ1v) is 8.60. The van der Waals surface area contributed by atoms with E-state index in [0.29, 0.717) is 34.8 Å². The average Bonchev–Trinajstić information content (AvgIpc) is 2.74. The molecule has 0 radical (unpaired) electrons. The Morgan fingerprint density at radius 3 is 2.24 bits per heavy atom. The van der Waals surface area contributed by atoms with Gasteiger partial charge in [-0.1, -0.05) is 12.6 Å². The fourth-order valence-electron chi connectivity index (χ4n) is 2.46. The van der Waals surface area contributed by atoms with Crippen molar-refractivity contribution in [2.45, 2.75) is 0 Å². The van der Waals surface area contributed by atoms with Gasteiger partial charge in [0.05, 0.1) is 14.2 Å². The molecular formula is C20H20N6O3. The first kappa shape index (κ1) is 19.6. The number of hydrogen-bond acceptors (Lipinski definition) is 8. The van der Waals surface area contributed by atoms with Gasteiger partial charge in [-0.05, 0) is 36.4 Å². The van der Waals surface area contributed by atoms with E-state index < -0.39 is 0 Å². The molecule has 0 saturated heterocycles. The molecule has 0 aliphatic heterocycles. The zero-order chi connectivity index (χ0) is 20.6. The van der Waals surface area contributed by atoms with Crippen LogP contribution in [-0.2, 0) is 4.79 Å². The number of nitrogens with zero attached hydrogens (tertiary/aromatic N) is 3. The van der Waals surface area contributed by atoms with Crippen LogP contribution in [0.3, 0.4) is 0 Å². The van der Waals surface area contributed by atoms with Crippen LogP contribution in [0.25, 0.3) is 0 Å². The van der Waals surface area contributed by atoms with Crippen LogP contribution in [0.1, 0.15) is 0 Å². The second kappa shape index (κ2) is 9.18. The van der Waals surface area contributed by atoms with Crippen molar-refractivity contribution in [1.29, 1.82) is 0 Å². The van der Waals surface area contributed by atoms with Crippen LogP contribution in [0.2, 0.25) is 0 Å². The fourth-order valence-corrected chi connectivity index (χ4v) is 2.46. The van der Waals surface area contributed by atoms with Crippen LogP contribution in [0.15, 0.2) is 61.4 Å². The molecule has 0 fully saturated rings. The highest BCUT2D eigenvalue weighted by Crippen LogP contribution is 2.30. The van der Waals surface area contributed by atoms with Crippen molar-refractivity contribution in [3.05, 3.63) is 61.4 Å². The number of hydrogen-bond donors (Lipinski definition) is 3. The summed E-state index contributed by atoms with van der Waals surface area (Å²) in [6.45, 7) is 3.44. The molecular weight excluding hydrogens is 372 g/mol. The summed E-state index contributed by atoms with van der Waals surface area (Å²) in [5.74, 6) is 1.62. The van der Waals surface area contributed by atoms with Gasteiger partial charge in [0, 0.05) is 23.1 Å². The average molecular weight is 392 g/mol. The highest BCUT2D eigenvalue weighted by molar-refractivity contribution is 5.99. The molecule has 0 bridgehead atoms. The molecule has 1 amide bonds. The van der Waals surface area contributed by atoms with E-state index in [-0.39, 0.29) is 5.91 Å². The van der Waals surface area contributed by atoms with Crippen molar-refractivity contribution in [2.24, 2.45) is 0 Å². The summed E-state index contributed by atoms with van der Waals surface area (Å²) in [5.41, 5.74) is 2.06. The number of benzene rings is 2. The number of methoxy groups -OCH3 is 2. The molecule has 29 heavy (non-hydrogen) atoms. The summed E-state index contributed by atoms with van der Waals surface area (Å²) >= 11 is 0. The lowest BCUT2D eigenvalue weighted by Gasteiger charge is -2.11. The number of carbonyl (C=O) groups excluding carboxylic acids is 1. The summed E-state index contributed by atoms with van der Waals surface area (Å²) < 4.78 is 10.5. The van der Waals surface area contributed by atoms with Crippen LogP contribution in [-0.4, -0.2) is 35.1 Å². The van der Waals surface area contributed by atoms with E-state index in [4.69, 9.17) is 9.47 Å². The molecule has 0 aliphatic rings. The van der Waals surface area contributed by atoms with E-state index in [1.165, 1.54) is 12.4 Å². The minimum Gasteiger partial charge on any atom is -0.493 e. The van der Waals surface area contributed by atoms with Gasteiger partial charge in [-0.2, -0.15) is 4.98 Å². The number of amides is 1. The van der Waals surface area contributed by atoms with Crippen LogP contribution in [0.5, 0.6) is 11.5 Å². The molecule has 0 atom stereocenters. The fraction of sp³-hybridized carbons (Fsp3) is 0.100. The molecule has 3 aromatic rings. The molecule has 0 aliphatic carbocycles. The number of ether oxygens (including phenoxy) is 2. The SMILES string of the molecule is C=CC(=O)Nc1cccc(Nc2ncnc(Nc3ccc(OC)c(OC)c3)n2)c1. The Morgan fingerprint density at radius 1 is 0.931 bits per heavy atom. The first-order valence-electron chi connectivity index (χ1n) is 8.60. The van der Waals surface area contributed by atoms with Gasteiger partial charge >= 0.3 is 0 Å². The zero-order valence-electron chi connectivity index (χ0n) is 16.0. The van der Waals surface area contributed by atoms with E-state index in [9.17, 15) is 4.79 Å². The lowest BCUT2D eigenvalue weighted by Crippen LogP contribution is -2.07. The van der Waals surface area contributed by atoms with Crippen LogP contribution < -0.4 is 25.4 Å². The summed E-state index contributed by atoms with van der Waals surface area (Å²) in [7, 11) is 3.14. The summed E-state index contributed by atoms with van der Waals surface area (Å²) in [4.78, 5) is 24.0. The van der Waals surface area contributed by atoms with Gasteiger partial charge in [-0.3, -0.25) is 4.79 Å². The molecule has 1 aromatic heterocycles. The van der Waals surface area contributed by atoms with Crippen molar-refractivity contribution >= 4 is 34.9 Å². The third-order valence-electron chi connectivity index (χ3n) is 3.78. The minimum atomic E-state index is -0.288. The summed E-state index contributed by atoms with van der Waals surface area (Å²) in [6.07, 6.45) is 2.60. The maximum Gasteiger partial charge on any atom is 0.247 e. The lowest BCUT2D eigenvalue weighted by atomic mass is 10.2. The molecule has 0 saturated carbocycles. The molecule has 2 aromatic carbocycles. The molecule has 9 heteroatoms.